The van der Waals surface area contributed by atoms with Crippen molar-refractivity contribution in [2.24, 2.45) is 4.99 Å². The van der Waals surface area contributed by atoms with Crippen LogP contribution in [0.4, 0.5) is 15.8 Å². The van der Waals surface area contributed by atoms with Crippen LogP contribution in [0.5, 0.6) is 0 Å². The zero-order valence-electron chi connectivity index (χ0n) is 13.3. The number of anilines is 2. The maximum atomic E-state index is 14.3. The number of rotatable bonds is 2. The van der Waals surface area contributed by atoms with Gasteiger partial charge in [0.05, 0.1) is 11.4 Å². The molecule has 0 saturated heterocycles. The maximum Gasteiger partial charge on any atom is 0.248 e. The molecule has 0 bridgehead atoms. The Morgan fingerprint density at radius 3 is 2.67 bits per heavy atom. The van der Waals surface area contributed by atoms with E-state index in [1.807, 2.05) is 0 Å². The van der Waals surface area contributed by atoms with Crippen molar-refractivity contribution in [3.8, 4) is 0 Å². The van der Waals surface area contributed by atoms with Crippen LogP contribution < -0.4 is 10.2 Å². The van der Waals surface area contributed by atoms with Crippen LogP contribution in [0.1, 0.15) is 18.1 Å². The number of amides is 2. The van der Waals surface area contributed by atoms with E-state index >= 15 is 0 Å². The average molecular weight is 325 g/mol. The van der Waals surface area contributed by atoms with Crippen molar-refractivity contribution in [2.45, 2.75) is 6.92 Å². The summed E-state index contributed by atoms with van der Waals surface area (Å²) in [6, 6.07) is 11.4. The molecule has 3 rings (SSSR count). The van der Waals surface area contributed by atoms with Crippen molar-refractivity contribution in [2.75, 3.05) is 23.8 Å². The number of nitrogens with zero attached hydrogens (tertiary/aromatic N) is 2. The molecular formula is C18H16FN3O2. The molecule has 0 aromatic heterocycles. The molecule has 1 N–H and O–H groups in total. The molecule has 0 saturated carbocycles. The van der Waals surface area contributed by atoms with E-state index < -0.39 is 5.82 Å². The molecule has 0 spiro atoms. The third-order valence-electron chi connectivity index (χ3n) is 3.81. The van der Waals surface area contributed by atoms with Crippen LogP contribution in [-0.4, -0.2) is 31.1 Å². The van der Waals surface area contributed by atoms with E-state index in [1.54, 1.807) is 43.4 Å². The second-order valence-corrected chi connectivity index (χ2v) is 5.51. The zero-order valence-corrected chi connectivity index (χ0v) is 13.3. The second-order valence-electron chi connectivity index (χ2n) is 5.51. The number of carbonyl (C=O) groups excluding carboxylic acids is 2. The minimum atomic E-state index is -0.413. The topological polar surface area (TPSA) is 61.8 Å². The van der Waals surface area contributed by atoms with Gasteiger partial charge in [0.25, 0.3) is 0 Å². The van der Waals surface area contributed by atoms with Crippen LogP contribution in [0.2, 0.25) is 0 Å². The van der Waals surface area contributed by atoms with Crippen molar-refractivity contribution < 1.29 is 14.0 Å². The Bertz CT molecular complexity index is 861. The lowest BCUT2D eigenvalue weighted by molar-refractivity contribution is -0.117. The van der Waals surface area contributed by atoms with Crippen LogP contribution in [0.25, 0.3) is 0 Å². The standard InChI is InChI=1S/C18H16FN3O2/c1-11(23)21-12-7-8-16-14(9-12)18(20-10-17(24)22(16)2)13-5-3-4-6-15(13)19/h3-9H,10H2,1-2H3,(H,21,23). The Balaban J connectivity index is 2.21. The van der Waals surface area contributed by atoms with Crippen molar-refractivity contribution in [1.82, 2.24) is 0 Å². The van der Waals surface area contributed by atoms with Gasteiger partial charge in [0.15, 0.2) is 0 Å². The van der Waals surface area contributed by atoms with Gasteiger partial charge in [-0.1, -0.05) is 12.1 Å². The zero-order chi connectivity index (χ0) is 17.3. The predicted octanol–water partition coefficient (Wildman–Crippen LogP) is 2.60. The largest absolute Gasteiger partial charge is 0.326 e. The highest BCUT2D eigenvalue weighted by Crippen LogP contribution is 2.29. The van der Waals surface area contributed by atoms with Crippen LogP contribution in [0.15, 0.2) is 47.5 Å². The fraction of sp³-hybridized carbons (Fsp3) is 0.167. The molecule has 0 radical (unpaired) electrons. The fourth-order valence-electron chi connectivity index (χ4n) is 2.65. The number of benzodiazepines with no additional fused rings is 1. The van der Waals surface area contributed by atoms with Gasteiger partial charge in [0.1, 0.15) is 12.4 Å². The first-order chi connectivity index (χ1) is 11.5. The molecule has 1 heterocycles. The van der Waals surface area contributed by atoms with Crippen LogP contribution >= 0.6 is 0 Å². The summed E-state index contributed by atoms with van der Waals surface area (Å²) in [6.07, 6.45) is 0. The molecule has 0 unspecified atom stereocenters. The molecule has 1 aliphatic heterocycles. The van der Waals surface area contributed by atoms with E-state index in [2.05, 4.69) is 10.3 Å². The van der Waals surface area contributed by atoms with Crippen LogP contribution in [0, 0.1) is 5.82 Å². The minimum Gasteiger partial charge on any atom is -0.326 e. The summed E-state index contributed by atoms with van der Waals surface area (Å²) in [5.41, 5.74) is 2.50. The number of nitrogens with one attached hydrogen (secondary N) is 1. The van der Waals surface area contributed by atoms with Crippen molar-refractivity contribution >= 4 is 28.9 Å². The Morgan fingerprint density at radius 1 is 1.21 bits per heavy atom. The van der Waals surface area contributed by atoms with Crippen LogP contribution in [0.3, 0.4) is 0 Å². The lowest BCUT2D eigenvalue weighted by atomic mass is 9.99. The number of carbonyl (C=O) groups is 2. The molecule has 0 atom stereocenters. The van der Waals surface area contributed by atoms with Crippen LogP contribution in [-0.2, 0) is 9.59 Å². The molecule has 0 aliphatic carbocycles. The number of aliphatic imine (C=N–C) groups is 1. The van der Waals surface area contributed by atoms with Gasteiger partial charge < -0.3 is 10.2 Å². The second kappa shape index (κ2) is 6.23. The third-order valence-corrected chi connectivity index (χ3v) is 3.81. The van der Waals surface area contributed by atoms with E-state index in [1.165, 1.54) is 17.9 Å². The molecule has 2 aromatic carbocycles. The summed E-state index contributed by atoms with van der Waals surface area (Å²) in [5.74, 6) is -0.809. The SMILES string of the molecule is CC(=O)Nc1ccc2c(c1)C(c1ccccc1F)=NCC(=O)N2C. The smallest absolute Gasteiger partial charge is 0.248 e. The Kier molecular flexibility index (Phi) is 4.12. The Labute approximate surface area is 138 Å². The molecule has 0 fully saturated rings. The molecule has 6 heteroatoms. The first kappa shape index (κ1) is 15.9. The molecule has 2 aromatic rings. The summed E-state index contributed by atoms with van der Waals surface area (Å²) in [5, 5.41) is 2.70. The Hall–Kier alpha value is -3.02. The number of fused-ring (bicyclic) bond motifs is 1. The molecule has 5 nitrogen and oxygen atoms in total. The van der Waals surface area contributed by atoms with E-state index in [-0.39, 0.29) is 18.4 Å². The number of hydrogen-bond donors (Lipinski definition) is 1. The van der Waals surface area contributed by atoms with Gasteiger partial charge >= 0.3 is 0 Å². The highest BCUT2D eigenvalue weighted by atomic mass is 19.1. The quantitative estimate of drug-likeness (QED) is 0.922. The van der Waals surface area contributed by atoms with Crippen molar-refractivity contribution in [3.05, 3.63) is 59.4 Å². The van der Waals surface area contributed by atoms with Crippen molar-refractivity contribution in [3.63, 3.8) is 0 Å². The highest BCUT2D eigenvalue weighted by molar-refractivity contribution is 6.20. The van der Waals surface area contributed by atoms with Gasteiger partial charge in [-0.15, -0.1) is 0 Å². The third kappa shape index (κ3) is 2.90. The minimum absolute atomic E-state index is 0.0652. The highest BCUT2D eigenvalue weighted by Gasteiger charge is 2.24. The lowest BCUT2D eigenvalue weighted by Crippen LogP contribution is -2.27. The first-order valence-electron chi connectivity index (χ1n) is 7.45. The molecule has 122 valence electrons. The molecular weight excluding hydrogens is 309 g/mol. The normalized spacial score (nSPS) is 13.9. The monoisotopic (exact) mass is 325 g/mol. The van der Waals surface area contributed by atoms with E-state index in [0.717, 1.165) is 0 Å². The number of hydrogen-bond acceptors (Lipinski definition) is 3. The summed E-state index contributed by atoms with van der Waals surface area (Å²) in [4.78, 5) is 29.3. The average Bonchev–Trinajstić information content (AvgIpc) is 2.66. The molecule has 1 aliphatic rings. The Morgan fingerprint density at radius 2 is 1.96 bits per heavy atom. The summed E-state index contributed by atoms with van der Waals surface area (Å²) < 4.78 is 14.3. The fourth-order valence-corrected chi connectivity index (χ4v) is 2.65. The van der Waals surface area contributed by atoms with Gasteiger partial charge in [-0.25, -0.2) is 4.39 Å². The van der Waals surface area contributed by atoms with Gasteiger partial charge in [-0.2, -0.15) is 0 Å². The summed E-state index contributed by atoms with van der Waals surface area (Å²) in [7, 11) is 1.65. The number of halogens is 1. The molecule has 2 amide bonds. The number of benzene rings is 2. The van der Waals surface area contributed by atoms with E-state index in [0.29, 0.717) is 28.2 Å². The van der Waals surface area contributed by atoms with Gasteiger partial charge in [-0.3, -0.25) is 14.6 Å². The first-order valence-corrected chi connectivity index (χ1v) is 7.45. The van der Waals surface area contributed by atoms with E-state index in [4.69, 9.17) is 0 Å². The predicted molar refractivity (Wildman–Crippen MR) is 91.1 cm³/mol. The maximum absolute atomic E-state index is 14.3. The summed E-state index contributed by atoms with van der Waals surface area (Å²) in [6.45, 7) is 1.34. The van der Waals surface area contributed by atoms with Gasteiger partial charge in [0, 0.05) is 30.8 Å². The lowest BCUT2D eigenvalue weighted by Gasteiger charge is -2.19. The molecule has 24 heavy (non-hydrogen) atoms. The summed E-state index contributed by atoms with van der Waals surface area (Å²) >= 11 is 0. The van der Waals surface area contributed by atoms with Gasteiger partial charge in [-0.05, 0) is 30.3 Å². The van der Waals surface area contributed by atoms with E-state index in [9.17, 15) is 14.0 Å². The van der Waals surface area contributed by atoms with Crippen molar-refractivity contribution in [1.29, 1.82) is 0 Å². The van der Waals surface area contributed by atoms with Gasteiger partial charge in [0.2, 0.25) is 11.8 Å². The number of likely N-dealkylation sites (N-methyl/N-ethyl adjacent to an activating group) is 1.